The zero-order chi connectivity index (χ0) is 21.6. The Hall–Kier alpha value is -3.32. The number of amides is 1. The van der Waals surface area contributed by atoms with E-state index in [-0.39, 0.29) is 5.91 Å². The van der Waals surface area contributed by atoms with Crippen molar-refractivity contribution < 1.29 is 4.79 Å². The molecule has 2 heterocycles. The third kappa shape index (κ3) is 5.44. The Morgan fingerprint density at radius 1 is 1.00 bits per heavy atom. The van der Waals surface area contributed by atoms with Crippen LogP contribution in [0.15, 0.2) is 78.5 Å². The smallest absolute Gasteiger partial charge is 0.230 e. The molecule has 7 heteroatoms. The fourth-order valence-electron chi connectivity index (χ4n) is 3.45. The summed E-state index contributed by atoms with van der Waals surface area (Å²) >= 11 is 1.45. The van der Waals surface area contributed by atoms with Gasteiger partial charge in [-0.15, -0.1) is 0 Å². The minimum absolute atomic E-state index is 0.00753. The second kappa shape index (κ2) is 9.66. The average Bonchev–Trinajstić information content (AvgIpc) is 3.44. The minimum atomic E-state index is 0.00753. The molecule has 0 unspecified atom stereocenters. The Balaban J connectivity index is 1.26. The Morgan fingerprint density at radius 3 is 2.48 bits per heavy atom. The van der Waals surface area contributed by atoms with Crippen LogP contribution in [-0.4, -0.2) is 37.5 Å². The second-order valence-electron chi connectivity index (χ2n) is 7.43. The molecule has 0 aliphatic carbocycles. The SMILES string of the molecule is Cc1cc(C)cc(-n2ccnc2SCC(=O)NCCc2ccc(-n3cccn3)cc2)c1. The van der Waals surface area contributed by atoms with E-state index in [1.807, 2.05) is 39.8 Å². The molecule has 4 aromatic rings. The molecule has 2 aromatic carbocycles. The van der Waals surface area contributed by atoms with Gasteiger partial charge in [0.1, 0.15) is 0 Å². The number of imidazole rings is 1. The van der Waals surface area contributed by atoms with Gasteiger partial charge in [-0.2, -0.15) is 5.10 Å². The normalized spacial score (nSPS) is 10.9. The molecule has 31 heavy (non-hydrogen) atoms. The number of carbonyl (C=O) groups excluding carboxylic acids is 1. The lowest BCUT2D eigenvalue weighted by Gasteiger charge is -2.10. The lowest BCUT2D eigenvalue weighted by molar-refractivity contribution is -0.118. The Labute approximate surface area is 186 Å². The molecule has 0 saturated heterocycles. The van der Waals surface area contributed by atoms with Gasteiger partial charge < -0.3 is 5.32 Å². The molecule has 0 aliphatic heterocycles. The summed E-state index contributed by atoms with van der Waals surface area (Å²) in [4.78, 5) is 16.7. The summed E-state index contributed by atoms with van der Waals surface area (Å²) in [7, 11) is 0. The van der Waals surface area contributed by atoms with E-state index >= 15 is 0 Å². The van der Waals surface area contributed by atoms with Crippen LogP contribution in [0, 0.1) is 13.8 Å². The number of benzene rings is 2. The standard InChI is InChI=1S/C24H25N5OS/c1-18-14-19(2)16-22(15-18)28-13-11-26-24(28)31-17-23(30)25-10-8-20-4-6-21(7-5-20)29-12-3-9-27-29/h3-7,9,11-16H,8,10,17H2,1-2H3,(H,25,30). The predicted molar refractivity (Wildman–Crippen MR) is 124 cm³/mol. The summed E-state index contributed by atoms with van der Waals surface area (Å²) in [6, 6.07) is 16.5. The lowest BCUT2D eigenvalue weighted by atomic mass is 10.1. The van der Waals surface area contributed by atoms with Crippen molar-refractivity contribution in [1.29, 1.82) is 0 Å². The molecule has 1 N–H and O–H groups in total. The number of thioether (sulfide) groups is 1. The van der Waals surface area contributed by atoms with Crippen LogP contribution < -0.4 is 5.32 Å². The van der Waals surface area contributed by atoms with Gasteiger partial charge in [0.05, 0.1) is 11.4 Å². The van der Waals surface area contributed by atoms with Gasteiger partial charge in [0.2, 0.25) is 5.91 Å². The molecule has 0 bridgehead atoms. The van der Waals surface area contributed by atoms with E-state index in [0.717, 1.165) is 23.0 Å². The molecule has 0 aliphatic rings. The first-order valence-corrected chi connectivity index (χ1v) is 11.2. The van der Waals surface area contributed by atoms with Crippen molar-refractivity contribution in [2.24, 2.45) is 0 Å². The quantitative estimate of drug-likeness (QED) is 0.426. The summed E-state index contributed by atoms with van der Waals surface area (Å²) in [6.45, 7) is 4.77. The third-order valence-corrected chi connectivity index (χ3v) is 5.83. The Bertz CT molecular complexity index is 1130. The van der Waals surface area contributed by atoms with Gasteiger partial charge in [-0.05, 0) is 67.3 Å². The van der Waals surface area contributed by atoms with E-state index < -0.39 is 0 Å². The number of hydrogen-bond donors (Lipinski definition) is 1. The number of aryl methyl sites for hydroxylation is 2. The summed E-state index contributed by atoms with van der Waals surface area (Å²) < 4.78 is 3.85. The highest BCUT2D eigenvalue weighted by Crippen LogP contribution is 2.22. The first-order valence-electron chi connectivity index (χ1n) is 10.2. The molecule has 4 rings (SSSR count). The molecular weight excluding hydrogens is 406 g/mol. The summed E-state index contributed by atoms with van der Waals surface area (Å²) in [5.41, 5.74) is 5.67. The van der Waals surface area contributed by atoms with E-state index in [4.69, 9.17) is 0 Å². The molecule has 0 saturated carbocycles. The van der Waals surface area contributed by atoms with Crippen molar-refractivity contribution in [3.8, 4) is 11.4 Å². The molecular formula is C24H25N5OS. The van der Waals surface area contributed by atoms with Crippen LogP contribution in [0.5, 0.6) is 0 Å². The van der Waals surface area contributed by atoms with Crippen molar-refractivity contribution in [2.75, 3.05) is 12.3 Å². The van der Waals surface area contributed by atoms with Crippen molar-refractivity contribution in [3.63, 3.8) is 0 Å². The molecule has 158 valence electrons. The van der Waals surface area contributed by atoms with E-state index in [1.54, 1.807) is 12.4 Å². The number of aromatic nitrogens is 4. The van der Waals surface area contributed by atoms with E-state index in [1.165, 1.54) is 28.5 Å². The zero-order valence-electron chi connectivity index (χ0n) is 17.7. The maximum absolute atomic E-state index is 12.3. The number of rotatable bonds is 8. The van der Waals surface area contributed by atoms with Gasteiger partial charge in [0.25, 0.3) is 0 Å². The van der Waals surface area contributed by atoms with Crippen molar-refractivity contribution in [1.82, 2.24) is 24.6 Å². The van der Waals surface area contributed by atoms with Gasteiger partial charge in [-0.3, -0.25) is 9.36 Å². The third-order valence-electron chi connectivity index (χ3n) is 4.86. The van der Waals surface area contributed by atoms with Crippen molar-refractivity contribution in [2.45, 2.75) is 25.4 Å². The van der Waals surface area contributed by atoms with Crippen LogP contribution in [0.1, 0.15) is 16.7 Å². The van der Waals surface area contributed by atoms with Crippen LogP contribution >= 0.6 is 11.8 Å². The fraction of sp³-hybridized carbons (Fsp3) is 0.208. The first kappa shape index (κ1) is 20.9. The van der Waals surface area contributed by atoms with Gasteiger partial charge in [0, 0.05) is 37.0 Å². The van der Waals surface area contributed by atoms with Crippen LogP contribution in [-0.2, 0) is 11.2 Å². The van der Waals surface area contributed by atoms with Crippen LogP contribution in [0.25, 0.3) is 11.4 Å². The van der Waals surface area contributed by atoms with E-state index in [2.05, 4.69) is 59.6 Å². The van der Waals surface area contributed by atoms with Crippen molar-refractivity contribution >= 4 is 17.7 Å². The maximum Gasteiger partial charge on any atom is 0.230 e. The molecule has 0 radical (unpaired) electrons. The Morgan fingerprint density at radius 2 is 1.77 bits per heavy atom. The van der Waals surface area contributed by atoms with Crippen LogP contribution in [0.3, 0.4) is 0 Å². The fourth-order valence-corrected chi connectivity index (χ4v) is 4.25. The number of nitrogens with zero attached hydrogens (tertiary/aromatic N) is 4. The summed E-state index contributed by atoms with van der Waals surface area (Å²) in [5.74, 6) is 0.341. The zero-order valence-corrected chi connectivity index (χ0v) is 18.5. The summed E-state index contributed by atoms with van der Waals surface area (Å²) in [5, 5.41) is 8.04. The lowest BCUT2D eigenvalue weighted by Crippen LogP contribution is -2.27. The molecule has 0 fully saturated rings. The monoisotopic (exact) mass is 431 g/mol. The van der Waals surface area contributed by atoms with E-state index in [9.17, 15) is 4.79 Å². The molecule has 1 amide bonds. The number of nitrogens with one attached hydrogen (secondary N) is 1. The average molecular weight is 432 g/mol. The summed E-state index contributed by atoms with van der Waals surface area (Å²) in [6.07, 6.45) is 8.16. The molecule has 0 atom stereocenters. The van der Waals surface area contributed by atoms with Gasteiger partial charge in [-0.1, -0.05) is 30.0 Å². The van der Waals surface area contributed by atoms with Crippen LogP contribution in [0.2, 0.25) is 0 Å². The molecule has 0 spiro atoms. The predicted octanol–water partition coefficient (Wildman–Crippen LogP) is 4.13. The Kier molecular flexibility index (Phi) is 6.52. The molecule has 2 aromatic heterocycles. The van der Waals surface area contributed by atoms with E-state index in [0.29, 0.717) is 12.3 Å². The number of hydrogen-bond acceptors (Lipinski definition) is 4. The highest BCUT2D eigenvalue weighted by Gasteiger charge is 2.10. The van der Waals surface area contributed by atoms with Crippen molar-refractivity contribution in [3.05, 3.63) is 90.0 Å². The van der Waals surface area contributed by atoms with Gasteiger partial charge in [-0.25, -0.2) is 9.67 Å². The largest absolute Gasteiger partial charge is 0.355 e. The number of carbonyl (C=O) groups is 1. The highest BCUT2D eigenvalue weighted by molar-refractivity contribution is 7.99. The maximum atomic E-state index is 12.3. The van der Waals surface area contributed by atoms with Gasteiger partial charge >= 0.3 is 0 Å². The highest BCUT2D eigenvalue weighted by atomic mass is 32.2. The van der Waals surface area contributed by atoms with Gasteiger partial charge in [0.15, 0.2) is 5.16 Å². The van der Waals surface area contributed by atoms with Crippen LogP contribution in [0.4, 0.5) is 0 Å². The topological polar surface area (TPSA) is 64.7 Å². The second-order valence-corrected chi connectivity index (χ2v) is 8.37. The molecule has 6 nitrogen and oxygen atoms in total. The minimum Gasteiger partial charge on any atom is -0.355 e. The first-order chi connectivity index (χ1) is 15.1.